The molecule has 1 heterocycles. The molecule has 0 unspecified atom stereocenters. The number of benzene rings is 1. The lowest BCUT2D eigenvalue weighted by Crippen LogP contribution is -2.28. The third kappa shape index (κ3) is 4.29. The van der Waals surface area contributed by atoms with E-state index in [0.29, 0.717) is 30.6 Å². The molecule has 0 saturated heterocycles. The van der Waals surface area contributed by atoms with E-state index < -0.39 is 0 Å². The molecule has 5 nitrogen and oxygen atoms in total. The number of ether oxygens (including phenoxy) is 2. The van der Waals surface area contributed by atoms with Crippen LogP contribution in [0.4, 0.5) is 0 Å². The summed E-state index contributed by atoms with van der Waals surface area (Å²) in [5.41, 5.74) is 1.45. The maximum atomic E-state index is 12.7. The summed E-state index contributed by atoms with van der Waals surface area (Å²) < 4.78 is 12.2. The number of hydrogen-bond acceptors (Lipinski definition) is 4. The molecule has 0 atom stereocenters. The van der Waals surface area contributed by atoms with Gasteiger partial charge in [0.2, 0.25) is 0 Å². The molecule has 0 spiro atoms. The SMILES string of the molecule is CCOc1nc(Cl)c(CC(C)C)n(Cc2ccc(OC)cc2)c1=O. The molecule has 0 aliphatic carbocycles. The quantitative estimate of drug-likeness (QED) is 0.766. The Hall–Kier alpha value is -2.01. The number of nitrogens with zero attached hydrogens (tertiary/aromatic N) is 2. The molecule has 0 saturated carbocycles. The molecule has 24 heavy (non-hydrogen) atoms. The Bertz CT molecular complexity index is 739. The minimum absolute atomic E-state index is 0.0449. The predicted octanol–water partition coefficient (Wildman–Crippen LogP) is 3.55. The number of halogens is 1. The van der Waals surface area contributed by atoms with Gasteiger partial charge >= 0.3 is 5.56 Å². The van der Waals surface area contributed by atoms with Crippen LogP contribution < -0.4 is 15.0 Å². The molecule has 0 radical (unpaired) electrons. The van der Waals surface area contributed by atoms with Crippen LogP contribution in [0.2, 0.25) is 5.15 Å². The lowest BCUT2D eigenvalue weighted by atomic mass is 10.1. The van der Waals surface area contributed by atoms with Crippen LogP contribution in [0.25, 0.3) is 0 Å². The average Bonchev–Trinajstić information content (AvgIpc) is 2.56. The summed E-state index contributed by atoms with van der Waals surface area (Å²) in [5.74, 6) is 1.17. The third-order valence-electron chi connectivity index (χ3n) is 3.57. The molecule has 0 bridgehead atoms. The topological polar surface area (TPSA) is 53.4 Å². The Labute approximate surface area is 147 Å². The minimum atomic E-state index is -0.257. The van der Waals surface area contributed by atoms with E-state index in [1.165, 1.54) is 0 Å². The highest BCUT2D eigenvalue weighted by atomic mass is 35.5. The molecule has 0 amide bonds. The Balaban J connectivity index is 2.48. The van der Waals surface area contributed by atoms with Gasteiger partial charge < -0.3 is 14.0 Å². The molecule has 1 aromatic heterocycles. The highest BCUT2D eigenvalue weighted by Crippen LogP contribution is 2.20. The van der Waals surface area contributed by atoms with Crippen LogP contribution in [0.15, 0.2) is 29.1 Å². The lowest BCUT2D eigenvalue weighted by Gasteiger charge is -2.17. The zero-order chi connectivity index (χ0) is 17.7. The van der Waals surface area contributed by atoms with Gasteiger partial charge in [0.15, 0.2) is 5.15 Å². The summed E-state index contributed by atoms with van der Waals surface area (Å²) >= 11 is 6.33. The molecular weight excluding hydrogens is 328 g/mol. The second-order valence-corrected chi connectivity index (χ2v) is 6.28. The van der Waals surface area contributed by atoms with Gasteiger partial charge in [-0.25, -0.2) is 0 Å². The van der Waals surface area contributed by atoms with Crippen molar-refractivity contribution in [1.82, 2.24) is 9.55 Å². The first-order valence-corrected chi connectivity index (χ1v) is 8.39. The van der Waals surface area contributed by atoms with Crippen LogP contribution in [0, 0.1) is 5.92 Å². The van der Waals surface area contributed by atoms with Crippen LogP contribution in [0.1, 0.15) is 32.0 Å². The van der Waals surface area contributed by atoms with Gasteiger partial charge in [-0.2, -0.15) is 4.98 Å². The van der Waals surface area contributed by atoms with Gasteiger partial charge in [-0.1, -0.05) is 37.6 Å². The van der Waals surface area contributed by atoms with Crippen LogP contribution in [-0.2, 0) is 13.0 Å². The standard InChI is InChI=1S/C18H23ClN2O3/c1-5-24-17-18(22)21(15(10-12(2)3)16(19)20-17)11-13-6-8-14(23-4)9-7-13/h6-9,12H,5,10-11H2,1-4H3. The summed E-state index contributed by atoms with van der Waals surface area (Å²) in [5, 5.41) is 0.320. The number of hydrogen-bond donors (Lipinski definition) is 0. The molecule has 0 N–H and O–H groups in total. The first-order chi connectivity index (χ1) is 11.5. The molecule has 0 aliphatic heterocycles. The van der Waals surface area contributed by atoms with Gasteiger partial charge in [0.25, 0.3) is 5.88 Å². The van der Waals surface area contributed by atoms with E-state index in [4.69, 9.17) is 21.1 Å². The zero-order valence-corrected chi connectivity index (χ0v) is 15.3. The summed E-state index contributed by atoms with van der Waals surface area (Å²) in [7, 11) is 1.62. The van der Waals surface area contributed by atoms with Crippen LogP contribution >= 0.6 is 11.6 Å². The normalized spacial score (nSPS) is 10.9. The van der Waals surface area contributed by atoms with Gasteiger partial charge in [0.05, 0.1) is 26.0 Å². The van der Waals surface area contributed by atoms with Crippen molar-refractivity contribution in [3.05, 3.63) is 51.0 Å². The van der Waals surface area contributed by atoms with Crippen molar-refractivity contribution in [3.63, 3.8) is 0 Å². The third-order valence-corrected chi connectivity index (χ3v) is 3.88. The first-order valence-electron chi connectivity index (χ1n) is 8.01. The van der Waals surface area contributed by atoms with Crippen LogP contribution in [0.5, 0.6) is 11.6 Å². The van der Waals surface area contributed by atoms with E-state index in [0.717, 1.165) is 17.0 Å². The fourth-order valence-corrected chi connectivity index (χ4v) is 2.70. The summed E-state index contributed by atoms with van der Waals surface area (Å²) in [6, 6.07) is 7.60. The second kappa shape index (κ2) is 8.20. The van der Waals surface area contributed by atoms with Crippen LogP contribution in [-0.4, -0.2) is 23.3 Å². The van der Waals surface area contributed by atoms with Gasteiger partial charge in [-0.15, -0.1) is 0 Å². The van der Waals surface area contributed by atoms with Crippen molar-refractivity contribution in [1.29, 1.82) is 0 Å². The number of methoxy groups -OCH3 is 1. The summed E-state index contributed by atoms with van der Waals surface area (Å²) in [6.45, 7) is 6.74. The fraction of sp³-hybridized carbons (Fsp3) is 0.444. The molecule has 130 valence electrons. The largest absolute Gasteiger partial charge is 0.497 e. The summed E-state index contributed by atoms with van der Waals surface area (Å²) in [6.07, 6.45) is 0.670. The van der Waals surface area contributed by atoms with Crippen molar-refractivity contribution < 1.29 is 9.47 Å². The van der Waals surface area contributed by atoms with E-state index in [1.807, 2.05) is 31.2 Å². The average molecular weight is 351 g/mol. The lowest BCUT2D eigenvalue weighted by molar-refractivity contribution is 0.317. The molecule has 2 rings (SSSR count). The van der Waals surface area contributed by atoms with E-state index in [2.05, 4.69) is 18.8 Å². The first kappa shape index (κ1) is 18.3. The number of rotatable bonds is 7. The highest BCUT2D eigenvalue weighted by Gasteiger charge is 2.17. The van der Waals surface area contributed by atoms with Crippen LogP contribution in [0.3, 0.4) is 0 Å². The second-order valence-electron chi connectivity index (χ2n) is 5.92. The smallest absolute Gasteiger partial charge is 0.313 e. The van der Waals surface area contributed by atoms with Crippen molar-refractivity contribution >= 4 is 11.6 Å². The molecule has 0 aliphatic rings. The molecule has 1 aromatic carbocycles. The van der Waals surface area contributed by atoms with E-state index in [1.54, 1.807) is 11.7 Å². The Morgan fingerprint density at radius 2 is 1.92 bits per heavy atom. The van der Waals surface area contributed by atoms with Gasteiger partial charge in [-0.3, -0.25) is 4.79 Å². The fourth-order valence-electron chi connectivity index (χ4n) is 2.44. The van der Waals surface area contributed by atoms with Gasteiger partial charge in [0, 0.05) is 0 Å². The Kier molecular flexibility index (Phi) is 6.26. The number of aromatic nitrogens is 2. The van der Waals surface area contributed by atoms with Gasteiger partial charge in [-0.05, 0) is 37.0 Å². The highest BCUT2D eigenvalue weighted by molar-refractivity contribution is 6.30. The Morgan fingerprint density at radius 1 is 1.25 bits per heavy atom. The maximum Gasteiger partial charge on any atom is 0.313 e. The van der Waals surface area contributed by atoms with E-state index in [9.17, 15) is 4.79 Å². The Morgan fingerprint density at radius 3 is 2.46 bits per heavy atom. The predicted molar refractivity (Wildman–Crippen MR) is 95.3 cm³/mol. The molecule has 6 heteroatoms. The molecular formula is C18H23ClN2O3. The zero-order valence-electron chi connectivity index (χ0n) is 14.5. The maximum absolute atomic E-state index is 12.7. The van der Waals surface area contributed by atoms with Crippen molar-refractivity contribution in [3.8, 4) is 11.6 Å². The van der Waals surface area contributed by atoms with E-state index >= 15 is 0 Å². The van der Waals surface area contributed by atoms with Crippen molar-refractivity contribution in [2.24, 2.45) is 5.92 Å². The minimum Gasteiger partial charge on any atom is -0.497 e. The van der Waals surface area contributed by atoms with Crippen molar-refractivity contribution in [2.75, 3.05) is 13.7 Å². The molecule has 0 fully saturated rings. The monoisotopic (exact) mass is 350 g/mol. The van der Waals surface area contributed by atoms with Gasteiger partial charge in [0.1, 0.15) is 5.75 Å². The van der Waals surface area contributed by atoms with Crippen molar-refractivity contribution in [2.45, 2.75) is 33.7 Å². The van der Waals surface area contributed by atoms with E-state index in [-0.39, 0.29) is 11.4 Å². The molecule has 2 aromatic rings. The summed E-state index contributed by atoms with van der Waals surface area (Å²) in [4.78, 5) is 16.9.